The van der Waals surface area contributed by atoms with Crippen LogP contribution in [0.5, 0.6) is 5.75 Å². The van der Waals surface area contributed by atoms with Gasteiger partial charge >= 0.3 is 0 Å². The number of anilines is 1. The Labute approximate surface area is 162 Å². The number of nitrogens with zero attached hydrogens (tertiary/aromatic N) is 3. The maximum atomic E-state index is 12.0. The lowest BCUT2D eigenvalue weighted by atomic mass is 10.2. The van der Waals surface area contributed by atoms with Crippen LogP contribution in [0.3, 0.4) is 0 Å². The molecule has 0 fully saturated rings. The Kier molecular flexibility index (Phi) is 6.27. The minimum absolute atomic E-state index is 0.239. The molecule has 3 aromatic rings. The summed E-state index contributed by atoms with van der Waals surface area (Å²) in [6.45, 7) is 4.49. The molecule has 2 heterocycles. The molecular weight excluding hydrogens is 360 g/mol. The molecule has 0 bridgehead atoms. The predicted molar refractivity (Wildman–Crippen MR) is 107 cm³/mol. The van der Waals surface area contributed by atoms with Crippen molar-refractivity contribution in [1.82, 2.24) is 15.2 Å². The Morgan fingerprint density at radius 1 is 1.19 bits per heavy atom. The highest BCUT2D eigenvalue weighted by Crippen LogP contribution is 2.22. The second-order valence-electron chi connectivity index (χ2n) is 6.10. The van der Waals surface area contributed by atoms with Gasteiger partial charge in [0.05, 0.1) is 5.69 Å². The van der Waals surface area contributed by atoms with Gasteiger partial charge in [0.25, 0.3) is 0 Å². The number of benzene rings is 1. The molecule has 1 aromatic carbocycles. The SMILES string of the molecule is CC(C)c1nnc(NC(=O)/C=C/c2ccc(OCc3ccccn3)cc2)s1. The van der Waals surface area contributed by atoms with E-state index in [0.717, 1.165) is 22.0 Å². The second kappa shape index (κ2) is 9.05. The lowest BCUT2D eigenvalue weighted by Gasteiger charge is -2.05. The van der Waals surface area contributed by atoms with Gasteiger partial charge in [-0.05, 0) is 35.9 Å². The quantitative estimate of drug-likeness (QED) is 0.619. The molecule has 7 heteroatoms. The number of ether oxygens (including phenoxy) is 1. The van der Waals surface area contributed by atoms with Gasteiger partial charge < -0.3 is 4.74 Å². The normalized spacial score (nSPS) is 11.1. The van der Waals surface area contributed by atoms with E-state index in [4.69, 9.17) is 4.74 Å². The van der Waals surface area contributed by atoms with Crippen molar-refractivity contribution in [1.29, 1.82) is 0 Å². The molecule has 0 aliphatic rings. The van der Waals surface area contributed by atoms with Crippen molar-refractivity contribution in [3.05, 3.63) is 71.0 Å². The maximum Gasteiger partial charge on any atom is 0.250 e. The zero-order valence-corrected chi connectivity index (χ0v) is 15.9. The Bertz CT molecular complexity index is 905. The number of hydrogen-bond donors (Lipinski definition) is 1. The van der Waals surface area contributed by atoms with Crippen LogP contribution in [0.1, 0.15) is 36.0 Å². The van der Waals surface area contributed by atoms with Crippen molar-refractivity contribution >= 4 is 28.5 Å². The summed E-state index contributed by atoms with van der Waals surface area (Å²) in [6, 6.07) is 13.2. The lowest BCUT2D eigenvalue weighted by molar-refractivity contribution is -0.111. The summed E-state index contributed by atoms with van der Waals surface area (Å²) < 4.78 is 5.69. The fourth-order valence-electron chi connectivity index (χ4n) is 2.15. The first-order valence-corrected chi connectivity index (χ1v) is 9.37. The van der Waals surface area contributed by atoms with Gasteiger partial charge in [0.15, 0.2) is 0 Å². The van der Waals surface area contributed by atoms with Crippen LogP contribution in [0, 0.1) is 0 Å². The summed E-state index contributed by atoms with van der Waals surface area (Å²) in [5.74, 6) is 0.802. The number of carbonyl (C=O) groups is 1. The van der Waals surface area contributed by atoms with Crippen LogP contribution in [-0.4, -0.2) is 21.1 Å². The third-order valence-corrected chi connectivity index (χ3v) is 4.72. The zero-order valence-electron chi connectivity index (χ0n) is 15.1. The molecule has 0 spiro atoms. The average Bonchev–Trinajstić information content (AvgIpc) is 3.15. The minimum atomic E-state index is -0.239. The highest BCUT2D eigenvalue weighted by atomic mass is 32.1. The number of rotatable bonds is 7. The van der Waals surface area contributed by atoms with Gasteiger partial charge in [-0.2, -0.15) is 0 Å². The third kappa shape index (κ3) is 5.72. The number of aromatic nitrogens is 3. The molecule has 2 aromatic heterocycles. The molecule has 1 amide bonds. The third-order valence-electron chi connectivity index (χ3n) is 3.58. The first-order valence-electron chi connectivity index (χ1n) is 8.55. The fourth-order valence-corrected chi connectivity index (χ4v) is 2.90. The number of amides is 1. The van der Waals surface area contributed by atoms with Gasteiger partial charge in [-0.25, -0.2) is 0 Å². The number of carbonyl (C=O) groups excluding carboxylic acids is 1. The van der Waals surface area contributed by atoms with Crippen molar-refractivity contribution in [2.24, 2.45) is 0 Å². The van der Waals surface area contributed by atoms with Gasteiger partial charge in [-0.15, -0.1) is 10.2 Å². The van der Waals surface area contributed by atoms with E-state index < -0.39 is 0 Å². The van der Waals surface area contributed by atoms with E-state index in [1.165, 1.54) is 17.4 Å². The molecule has 0 radical (unpaired) electrons. The molecular formula is C20H20N4O2S. The van der Waals surface area contributed by atoms with Crippen LogP contribution in [0.25, 0.3) is 6.08 Å². The van der Waals surface area contributed by atoms with Crippen molar-refractivity contribution < 1.29 is 9.53 Å². The van der Waals surface area contributed by atoms with Crippen LogP contribution >= 0.6 is 11.3 Å². The smallest absolute Gasteiger partial charge is 0.250 e. The van der Waals surface area contributed by atoms with E-state index in [1.807, 2.05) is 56.3 Å². The maximum absolute atomic E-state index is 12.0. The van der Waals surface area contributed by atoms with Gasteiger partial charge in [0.2, 0.25) is 11.0 Å². The first kappa shape index (κ1) is 18.7. The number of nitrogens with one attached hydrogen (secondary N) is 1. The largest absolute Gasteiger partial charge is 0.487 e. The van der Waals surface area contributed by atoms with E-state index in [2.05, 4.69) is 20.5 Å². The predicted octanol–water partition coefficient (Wildman–Crippen LogP) is 4.29. The monoisotopic (exact) mass is 380 g/mol. The van der Waals surface area contributed by atoms with E-state index in [0.29, 0.717) is 17.7 Å². The van der Waals surface area contributed by atoms with Gasteiger partial charge in [0.1, 0.15) is 17.4 Å². The van der Waals surface area contributed by atoms with Crippen molar-refractivity contribution in [3.8, 4) is 5.75 Å². The molecule has 0 saturated heterocycles. The highest BCUT2D eigenvalue weighted by Gasteiger charge is 2.08. The zero-order chi connectivity index (χ0) is 19.1. The highest BCUT2D eigenvalue weighted by molar-refractivity contribution is 7.15. The Balaban J connectivity index is 1.51. The minimum Gasteiger partial charge on any atom is -0.487 e. The van der Waals surface area contributed by atoms with Gasteiger partial charge in [-0.3, -0.25) is 15.1 Å². The summed E-state index contributed by atoms with van der Waals surface area (Å²) in [5.41, 5.74) is 1.77. The summed E-state index contributed by atoms with van der Waals surface area (Å²) >= 11 is 1.39. The molecule has 27 heavy (non-hydrogen) atoms. The van der Waals surface area contributed by atoms with E-state index in [9.17, 15) is 4.79 Å². The summed E-state index contributed by atoms with van der Waals surface area (Å²) in [7, 11) is 0. The van der Waals surface area contributed by atoms with Crippen LogP contribution in [0.15, 0.2) is 54.7 Å². The molecule has 3 rings (SSSR count). The molecule has 0 aliphatic heterocycles. The molecule has 138 valence electrons. The summed E-state index contributed by atoms with van der Waals surface area (Å²) in [6.07, 6.45) is 4.95. The van der Waals surface area contributed by atoms with Gasteiger partial charge in [-0.1, -0.05) is 43.4 Å². The van der Waals surface area contributed by atoms with E-state index in [1.54, 1.807) is 12.3 Å². The molecule has 0 unspecified atom stereocenters. The molecule has 0 atom stereocenters. The first-order chi connectivity index (χ1) is 13.1. The van der Waals surface area contributed by atoms with Crippen molar-refractivity contribution in [3.63, 3.8) is 0 Å². The second-order valence-corrected chi connectivity index (χ2v) is 7.11. The van der Waals surface area contributed by atoms with Crippen LogP contribution in [0.4, 0.5) is 5.13 Å². The topological polar surface area (TPSA) is 77.0 Å². The van der Waals surface area contributed by atoms with E-state index in [-0.39, 0.29) is 5.91 Å². The van der Waals surface area contributed by atoms with E-state index >= 15 is 0 Å². The molecule has 1 N–H and O–H groups in total. The van der Waals surface area contributed by atoms with Crippen LogP contribution in [0.2, 0.25) is 0 Å². The standard InChI is InChI=1S/C20H20N4O2S/c1-14(2)19-23-24-20(27-19)22-18(25)11-8-15-6-9-17(10-7-15)26-13-16-5-3-4-12-21-16/h3-12,14H,13H2,1-2H3,(H,22,24,25)/b11-8+. The Morgan fingerprint density at radius 3 is 2.67 bits per heavy atom. The van der Waals surface area contributed by atoms with Crippen LogP contribution in [-0.2, 0) is 11.4 Å². The van der Waals surface area contributed by atoms with Gasteiger partial charge in [0, 0.05) is 18.2 Å². The van der Waals surface area contributed by atoms with Crippen molar-refractivity contribution in [2.45, 2.75) is 26.4 Å². The fraction of sp³-hybridized carbons (Fsp3) is 0.200. The summed E-state index contributed by atoms with van der Waals surface area (Å²) in [4.78, 5) is 16.2. The average molecular weight is 380 g/mol. The molecule has 0 aliphatic carbocycles. The number of hydrogen-bond acceptors (Lipinski definition) is 6. The van der Waals surface area contributed by atoms with Crippen LogP contribution < -0.4 is 10.1 Å². The van der Waals surface area contributed by atoms with Crippen molar-refractivity contribution in [2.75, 3.05) is 5.32 Å². The number of pyridine rings is 1. The molecule has 0 saturated carbocycles. The lowest BCUT2D eigenvalue weighted by Crippen LogP contribution is -2.07. The summed E-state index contributed by atoms with van der Waals surface area (Å²) in [5, 5.41) is 12.1. The Morgan fingerprint density at radius 2 is 2.00 bits per heavy atom. The molecule has 6 nitrogen and oxygen atoms in total. The Hall–Kier alpha value is -3.06.